The second-order valence-electron chi connectivity index (χ2n) is 4.68. The highest BCUT2D eigenvalue weighted by Gasteiger charge is 2.24. The van der Waals surface area contributed by atoms with Crippen molar-refractivity contribution in [2.75, 3.05) is 20.3 Å². The lowest BCUT2D eigenvalue weighted by Gasteiger charge is -2.15. The summed E-state index contributed by atoms with van der Waals surface area (Å²) in [4.78, 5) is 16.9. The molecule has 2 aromatic rings. The molecule has 3 rings (SSSR count). The molecule has 0 saturated carbocycles. The van der Waals surface area contributed by atoms with Gasteiger partial charge in [-0.15, -0.1) is 0 Å². The van der Waals surface area contributed by atoms with Gasteiger partial charge in [-0.1, -0.05) is 29.4 Å². The van der Waals surface area contributed by atoms with E-state index in [1.807, 2.05) is 12.1 Å². The Morgan fingerprint density at radius 1 is 1.30 bits per heavy atom. The summed E-state index contributed by atoms with van der Waals surface area (Å²) in [5.41, 5.74) is 1.21. The summed E-state index contributed by atoms with van der Waals surface area (Å²) in [7, 11) is 1.34. The van der Waals surface area contributed by atoms with Crippen molar-refractivity contribution >= 4 is 29.3 Å². The Morgan fingerprint density at radius 3 is 2.83 bits per heavy atom. The summed E-state index contributed by atoms with van der Waals surface area (Å²) < 4.78 is 15.9. The lowest BCUT2D eigenvalue weighted by atomic mass is 10.2. The maximum absolute atomic E-state index is 12.0. The standard InChI is InChI=1S/C16H14ClNO4S/c1-20-15(19)10-4-2-6-12(17)13(10)23-14-11(5-3-7-18-14)16-21-8-9-22-16/h2-7,16H,8-9H2,1H3. The third kappa shape index (κ3) is 3.50. The number of esters is 1. The Morgan fingerprint density at radius 2 is 2.09 bits per heavy atom. The van der Waals surface area contributed by atoms with Crippen LogP contribution >= 0.6 is 23.4 Å². The van der Waals surface area contributed by atoms with Crippen molar-refractivity contribution in [2.45, 2.75) is 16.2 Å². The highest BCUT2D eigenvalue weighted by Crippen LogP contribution is 2.39. The molecule has 120 valence electrons. The van der Waals surface area contributed by atoms with Gasteiger partial charge in [-0.25, -0.2) is 9.78 Å². The number of ether oxygens (including phenoxy) is 3. The van der Waals surface area contributed by atoms with E-state index in [2.05, 4.69) is 4.98 Å². The van der Waals surface area contributed by atoms with Crippen LogP contribution in [0.15, 0.2) is 46.5 Å². The Kier molecular flexibility index (Phi) is 5.17. The zero-order valence-corrected chi connectivity index (χ0v) is 13.9. The normalized spacial score (nSPS) is 14.9. The SMILES string of the molecule is COC(=O)c1cccc(Cl)c1Sc1ncccc1C1OCCO1. The minimum Gasteiger partial charge on any atom is -0.465 e. The van der Waals surface area contributed by atoms with Gasteiger partial charge in [0.25, 0.3) is 0 Å². The first-order chi connectivity index (χ1) is 11.2. The van der Waals surface area contributed by atoms with Crippen LogP contribution in [0.5, 0.6) is 0 Å². The molecular weight excluding hydrogens is 338 g/mol. The number of nitrogens with zero attached hydrogens (tertiary/aromatic N) is 1. The number of benzene rings is 1. The van der Waals surface area contributed by atoms with Gasteiger partial charge in [0.05, 0.1) is 30.9 Å². The molecule has 1 aliphatic rings. The Hall–Kier alpha value is -1.60. The summed E-state index contributed by atoms with van der Waals surface area (Å²) in [5, 5.41) is 1.14. The number of rotatable bonds is 4. The van der Waals surface area contributed by atoms with Gasteiger partial charge in [0.2, 0.25) is 0 Å². The van der Waals surface area contributed by atoms with Gasteiger partial charge in [-0.05, 0) is 24.3 Å². The van der Waals surface area contributed by atoms with Crippen LogP contribution in [0.4, 0.5) is 0 Å². The summed E-state index contributed by atoms with van der Waals surface area (Å²) in [5.74, 6) is -0.444. The first-order valence-electron chi connectivity index (χ1n) is 6.93. The van der Waals surface area contributed by atoms with E-state index in [1.54, 1.807) is 24.4 Å². The van der Waals surface area contributed by atoms with E-state index in [4.69, 9.17) is 25.8 Å². The van der Waals surface area contributed by atoms with Crippen LogP contribution in [0, 0.1) is 0 Å². The van der Waals surface area contributed by atoms with Gasteiger partial charge in [0.15, 0.2) is 6.29 Å². The van der Waals surface area contributed by atoms with Crippen molar-refractivity contribution in [3.63, 3.8) is 0 Å². The fraction of sp³-hybridized carbons (Fsp3) is 0.250. The molecule has 0 radical (unpaired) electrons. The summed E-state index contributed by atoms with van der Waals surface area (Å²) in [6.07, 6.45) is 1.23. The molecule has 1 aromatic heterocycles. The third-order valence-electron chi connectivity index (χ3n) is 3.25. The van der Waals surface area contributed by atoms with E-state index in [0.29, 0.717) is 33.7 Å². The predicted molar refractivity (Wildman–Crippen MR) is 85.8 cm³/mol. The second-order valence-corrected chi connectivity index (χ2v) is 6.09. The zero-order chi connectivity index (χ0) is 16.2. The quantitative estimate of drug-likeness (QED) is 0.782. The number of pyridine rings is 1. The molecule has 5 nitrogen and oxygen atoms in total. The Labute approximate surface area is 142 Å². The van der Waals surface area contributed by atoms with Crippen LogP contribution in [0.2, 0.25) is 5.02 Å². The first-order valence-corrected chi connectivity index (χ1v) is 8.13. The lowest BCUT2D eigenvalue weighted by Crippen LogP contribution is -2.05. The summed E-state index contributed by atoms with van der Waals surface area (Å²) >= 11 is 7.57. The maximum Gasteiger partial charge on any atom is 0.339 e. The number of carbonyl (C=O) groups is 1. The number of aromatic nitrogens is 1. The van der Waals surface area contributed by atoms with Crippen molar-refractivity contribution in [1.82, 2.24) is 4.98 Å². The van der Waals surface area contributed by atoms with Gasteiger partial charge >= 0.3 is 5.97 Å². The molecule has 0 atom stereocenters. The molecule has 0 bridgehead atoms. The molecule has 0 spiro atoms. The molecule has 0 unspecified atom stereocenters. The van der Waals surface area contributed by atoms with Gasteiger partial charge in [-0.2, -0.15) is 0 Å². The monoisotopic (exact) mass is 351 g/mol. The predicted octanol–water partition coefficient (Wildman–Crippen LogP) is 3.72. The minimum absolute atomic E-state index is 0.398. The number of carbonyl (C=O) groups excluding carboxylic acids is 1. The summed E-state index contributed by atoms with van der Waals surface area (Å²) in [6.45, 7) is 1.09. The van der Waals surface area contributed by atoms with Gasteiger partial charge in [0, 0.05) is 16.7 Å². The molecule has 1 fully saturated rings. The van der Waals surface area contributed by atoms with Crippen LogP contribution in [0.1, 0.15) is 22.2 Å². The summed E-state index contributed by atoms with van der Waals surface area (Å²) in [6, 6.07) is 8.81. The van der Waals surface area contributed by atoms with Gasteiger partial charge < -0.3 is 14.2 Å². The number of hydrogen-bond donors (Lipinski definition) is 0. The molecule has 1 aliphatic heterocycles. The molecule has 2 heterocycles. The Balaban J connectivity index is 1.98. The van der Waals surface area contributed by atoms with Crippen LogP contribution in [0.25, 0.3) is 0 Å². The topological polar surface area (TPSA) is 57.7 Å². The van der Waals surface area contributed by atoms with E-state index in [-0.39, 0.29) is 0 Å². The number of halogens is 1. The van der Waals surface area contributed by atoms with Crippen LogP contribution in [0.3, 0.4) is 0 Å². The molecule has 1 aromatic carbocycles. The van der Waals surface area contributed by atoms with Crippen LogP contribution in [-0.4, -0.2) is 31.3 Å². The Bertz CT molecular complexity index is 719. The smallest absolute Gasteiger partial charge is 0.339 e. The van der Waals surface area contributed by atoms with E-state index < -0.39 is 12.3 Å². The zero-order valence-electron chi connectivity index (χ0n) is 12.3. The van der Waals surface area contributed by atoms with Crippen molar-refractivity contribution in [2.24, 2.45) is 0 Å². The van der Waals surface area contributed by atoms with Crippen molar-refractivity contribution in [1.29, 1.82) is 0 Å². The van der Waals surface area contributed by atoms with Crippen molar-refractivity contribution in [3.8, 4) is 0 Å². The number of methoxy groups -OCH3 is 1. The molecular formula is C16H14ClNO4S. The van der Waals surface area contributed by atoms with E-state index >= 15 is 0 Å². The molecule has 0 aliphatic carbocycles. The lowest BCUT2D eigenvalue weighted by molar-refractivity contribution is -0.0464. The van der Waals surface area contributed by atoms with Crippen LogP contribution in [-0.2, 0) is 14.2 Å². The molecule has 1 saturated heterocycles. The second kappa shape index (κ2) is 7.31. The largest absolute Gasteiger partial charge is 0.465 e. The van der Waals surface area contributed by atoms with Gasteiger partial charge in [0.1, 0.15) is 5.03 Å². The van der Waals surface area contributed by atoms with E-state index in [0.717, 1.165) is 5.56 Å². The third-order valence-corrected chi connectivity index (χ3v) is 4.85. The average molecular weight is 352 g/mol. The molecule has 0 amide bonds. The molecule has 7 heteroatoms. The fourth-order valence-corrected chi connectivity index (χ4v) is 3.49. The first kappa shape index (κ1) is 16.3. The minimum atomic E-state index is -0.449. The van der Waals surface area contributed by atoms with E-state index in [9.17, 15) is 4.79 Å². The average Bonchev–Trinajstić information content (AvgIpc) is 3.11. The maximum atomic E-state index is 12.0. The van der Waals surface area contributed by atoms with Crippen molar-refractivity contribution in [3.05, 3.63) is 52.7 Å². The van der Waals surface area contributed by atoms with E-state index in [1.165, 1.54) is 18.9 Å². The molecule has 23 heavy (non-hydrogen) atoms. The highest BCUT2D eigenvalue weighted by molar-refractivity contribution is 7.99. The van der Waals surface area contributed by atoms with Gasteiger partial charge in [-0.3, -0.25) is 0 Å². The van der Waals surface area contributed by atoms with Crippen molar-refractivity contribution < 1.29 is 19.0 Å². The molecule has 0 N–H and O–H groups in total. The van der Waals surface area contributed by atoms with Crippen LogP contribution < -0.4 is 0 Å². The number of hydrogen-bond acceptors (Lipinski definition) is 6. The fourth-order valence-electron chi connectivity index (χ4n) is 2.19. The highest BCUT2D eigenvalue weighted by atomic mass is 35.5.